The van der Waals surface area contributed by atoms with Crippen LogP contribution in [0.15, 0.2) is 0 Å². The largest absolute Gasteiger partial charge is 0.481 e. The van der Waals surface area contributed by atoms with Crippen molar-refractivity contribution in [3.05, 3.63) is 0 Å². The molecule has 0 saturated heterocycles. The van der Waals surface area contributed by atoms with Crippen LogP contribution in [-0.2, 0) is 42.9 Å². The number of carbonyl (C=O) groups is 4. The minimum absolute atomic E-state index is 0.00141. The SMILES string of the molecule is O=[C]CC[C@H](NC(=O)CCOCCOCCOCCOCCNC(=O)CCCCCCCCCCCCCCCCC(=O)O)C(=O)O. The molecule has 0 heterocycles. The van der Waals surface area contributed by atoms with E-state index in [1.54, 1.807) is 6.29 Å². The first-order chi connectivity index (χ1) is 22.9. The maximum absolute atomic E-state index is 12.0. The summed E-state index contributed by atoms with van der Waals surface area (Å²) in [6, 6.07) is -1.11. The topological polar surface area (TPSA) is 187 Å². The molecule has 2 amide bonds. The lowest BCUT2D eigenvalue weighted by molar-refractivity contribution is -0.142. The Morgan fingerprint density at radius 3 is 1.40 bits per heavy atom. The fourth-order valence-corrected chi connectivity index (χ4v) is 4.69. The van der Waals surface area contributed by atoms with E-state index in [0.717, 1.165) is 32.1 Å². The summed E-state index contributed by atoms with van der Waals surface area (Å²) in [6.45, 7) is 3.28. The van der Waals surface area contributed by atoms with E-state index in [2.05, 4.69) is 10.6 Å². The van der Waals surface area contributed by atoms with E-state index in [1.165, 1.54) is 57.8 Å². The quantitative estimate of drug-likeness (QED) is 0.0687. The number of carbonyl (C=O) groups excluding carboxylic acids is 3. The second-order valence-corrected chi connectivity index (χ2v) is 11.5. The molecule has 4 N–H and O–H groups in total. The number of aliphatic carboxylic acids is 2. The van der Waals surface area contributed by atoms with Gasteiger partial charge in [-0.2, -0.15) is 0 Å². The summed E-state index contributed by atoms with van der Waals surface area (Å²) in [7, 11) is 0. The molecule has 0 unspecified atom stereocenters. The van der Waals surface area contributed by atoms with Gasteiger partial charge in [0.05, 0.1) is 52.9 Å². The fraction of sp³-hybridized carbons (Fsp3) is 0.853. The van der Waals surface area contributed by atoms with Gasteiger partial charge in [0.25, 0.3) is 0 Å². The highest BCUT2D eigenvalue weighted by atomic mass is 16.6. The number of rotatable bonds is 37. The minimum Gasteiger partial charge on any atom is -0.481 e. The van der Waals surface area contributed by atoms with Crippen LogP contribution < -0.4 is 10.6 Å². The van der Waals surface area contributed by atoms with Crippen molar-refractivity contribution in [2.24, 2.45) is 0 Å². The average Bonchev–Trinajstić information content (AvgIpc) is 3.04. The van der Waals surface area contributed by atoms with Crippen LogP contribution in [0.4, 0.5) is 0 Å². The van der Waals surface area contributed by atoms with E-state index >= 15 is 0 Å². The van der Waals surface area contributed by atoms with Crippen molar-refractivity contribution in [1.82, 2.24) is 10.6 Å². The monoisotopic (exact) mass is 673 g/mol. The van der Waals surface area contributed by atoms with E-state index in [1.807, 2.05) is 0 Å². The lowest BCUT2D eigenvalue weighted by Gasteiger charge is -2.13. The molecule has 0 aliphatic carbocycles. The Morgan fingerprint density at radius 2 is 0.957 bits per heavy atom. The van der Waals surface area contributed by atoms with E-state index in [0.29, 0.717) is 59.0 Å². The third kappa shape index (κ3) is 34.5. The number of carboxylic acids is 2. The first-order valence-electron chi connectivity index (χ1n) is 17.5. The highest BCUT2D eigenvalue weighted by Crippen LogP contribution is 2.13. The molecule has 0 aromatic heterocycles. The standard InChI is InChI=1S/C34H61N2O11/c37-21-15-16-30(34(42)43)36-32(39)19-22-44-24-26-46-28-29-47-27-25-45-23-20-35-31(38)17-13-11-9-7-5-3-1-2-4-6-8-10-12-14-18-33(40)41/h30H,1-20,22-29H2,(H,35,38)(H,36,39)(H,40,41)(H,42,43)/t30-/m0/s1. The Labute approximate surface area is 281 Å². The van der Waals surface area contributed by atoms with Crippen LogP contribution in [0.1, 0.15) is 122 Å². The van der Waals surface area contributed by atoms with E-state index in [-0.39, 0.29) is 38.4 Å². The Hall–Kier alpha value is -2.61. The van der Waals surface area contributed by atoms with Crippen molar-refractivity contribution >= 4 is 30.0 Å². The smallest absolute Gasteiger partial charge is 0.326 e. The summed E-state index contributed by atoms with van der Waals surface area (Å²) in [5.74, 6) is -2.29. The summed E-state index contributed by atoms with van der Waals surface area (Å²) < 4.78 is 21.6. The first-order valence-corrected chi connectivity index (χ1v) is 17.5. The Kier molecular flexibility index (Phi) is 32.8. The van der Waals surface area contributed by atoms with Gasteiger partial charge in [-0.25, -0.2) is 4.79 Å². The van der Waals surface area contributed by atoms with Crippen LogP contribution in [-0.4, -0.2) is 106 Å². The van der Waals surface area contributed by atoms with Gasteiger partial charge in [-0.3, -0.25) is 19.2 Å². The molecule has 47 heavy (non-hydrogen) atoms. The molecule has 0 spiro atoms. The zero-order chi connectivity index (χ0) is 34.6. The number of hydrogen-bond acceptors (Lipinski definition) is 9. The van der Waals surface area contributed by atoms with E-state index < -0.39 is 23.9 Å². The Balaban J connectivity index is 3.31. The summed E-state index contributed by atoms with van der Waals surface area (Å²) >= 11 is 0. The maximum Gasteiger partial charge on any atom is 0.326 e. The third-order valence-electron chi connectivity index (χ3n) is 7.37. The molecule has 0 aromatic carbocycles. The average molecular weight is 674 g/mol. The van der Waals surface area contributed by atoms with E-state index in [4.69, 9.17) is 29.2 Å². The minimum atomic E-state index is -1.20. The van der Waals surface area contributed by atoms with Crippen LogP contribution in [0.25, 0.3) is 0 Å². The van der Waals surface area contributed by atoms with Crippen LogP contribution >= 0.6 is 0 Å². The molecule has 1 radical (unpaired) electrons. The summed E-state index contributed by atoms with van der Waals surface area (Å²) in [5.41, 5.74) is 0. The van der Waals surface area contributed by atoms with Gasteiger partial charge in [0, 0.05) is 32.2 Å². The zero-order valence-electron chi connectivity index (χ0n) is 28.4. The van der Waals surface area contributed by atoms with Crippen molar-refractivity contribution in [3.63, 3.8) is 0 Å². The normalized spacial score (nSPS) is 11.7. The molecule has 0 bridgehead atoms. The summed E-state index contributed by atoms with van der Waals surface area (Å²) in [4.78, 5) is 55.5. The highest BCUT2D eigenvalue weighted by molar-refractivity contribution is 5.83. The molecule has 1 atom stereocenters. The molecule has 273 valence electrons. The molecular weight excluding hydrogens is 612 g/mol. The van der Waals surface area contributed by atoms with Gasteiger partial charge in [-0.1, -0.05) is 77.0 Å². The van der Waals surface area contributed by atoms with Crippen molar-refractivity contribution in [2.75, 3.05) is 59.4 Å². The van der Waals surface area contributed by atoms with Crippen LogP contribution in [0, 0.1) is 0 Å². The predicted octanol–water partition coefficient (Wildman–Crippen LogP) is 4.34. The van der Waals surface area contributed by atoms with Gasteiger partial charge in [0.2, 0.25) is 11.8 Å². The molecule has 0 aliphatic heterocycles. The van der Waals surface area contributed by atoms with Gasteiger partial charge < -0.3 is 39.8 Å². The second-order valence-electron chi connectivity index (χ2n) is 11.5. The molecule has 0 saturated carbocycles. The maximum atomic E-state index is 12.0. The van der Waals surface area contributed by atoms with Crippen molar-refractivity contribution in [2.45, 2.75) is 128 Å². The fourth-order valence-electron chi connectivity index (χ4n) is 4.69. The number of ether oxygens (including phenoxy) is 4. The van der Waals surface area contributed by atoms with Gasteiger partial charge in [0.1, 0.15) is 6.04 Å². The van der Waals surface area contributed by atoms with Crippen LogP contribution in [0.5, 0.6) is 0 Å². The number of amides is 2. The molecule has 0 aliphatic rings. The van der Waals surface area contributed by atoms with Crippen molar-refractivity contribution in [1.29, 1.82) is 0 Å². The lowest BCUT2D eigenvalue weighted by atomic mass is 10.0. The number of hydrogen-bond donors (Lipinski definition) is 4. The van der Waals surface area contributed by atoms with Crippen molar-refractivity contribution in [3.8, 4) is 0 Å². The molecule has 0 rings (SSSR count). The predicted molar refractivity (Wildman–Crippen MR) is 177 cm³/mol. The molecule has 13 nitrogen and oxygen atoms in total. The Morgan fingerprint density at radius 1 is 0.532 bits per heavy atom. The van der Waals surface area contributed by atoms with Gasteiger partial charge >= 0.3 is 11.9 Å². The lowest BCUT2D eigenvalue weighted by Crippen LogP contribution is -2.41. The molecule has 13 heteroatoms. The zero-order valence-corrected chi connectivity index (χ0v) is 28.4. The number of nitrogens with one attached hydrogen (secondary N) is 2. The summed E-state index contributed by atoms with van der Waals surface area (Å²) in [6.07, 6.45) is 18.7. The first kappa shape index (κ1) is 44.4. The van der Waals surface area contributed by atoms with Gasteiger partial charge in [-0.15, -0.1) is 0 Å². The van der Waals surface area contributed by atoms with Gasteiger partial charge in [0.15, 0.2) is 6.29 Å². The van der Waals surface area contributed by atoms with E-state index in [9.17, 15) is 24.0 Å². The highest BCUT2D eigenvalue weighted by Gasteiger charge is 2.19. The molecular formula is C34H61N2O11. The number of carboxylic acid groups (broad SMARTS) is 2. The van der Waals surface area contributed by atoms with Crippen molar-refractivity contribution < 1.29 is 53.1 Å². The third-order valence-corrected chi connectivity index (χ3v) is 7.37. The number of unbranched alkanes of at least 4 members (excludes halogenated alkanes) is 13. The molecule has 0 fully saturated rings. The summed E-state index contributed by atoms with van der Waals surface area (Å²) in [5, 5.41) is 22.9. The van der Waals surface area contributed by atoms with Crippen LogP contribution in [0.3, 0.4) is 0 Å². The Bertz CT molecular complexity index is 798. The second kappa shape index (κ2) is 34.7. The van der Waals surface area contributed by atoms with Crippen LogP contribution in [0.2, 0.25) is 0 Å². The molecule has 0 aromatic rings. The van der Waals surface area contributed by atoms with Gasteiger partial charge in [-0.05, 0) is 19.3 Å².